The molecule has 1 amide bonds. The van der Waals surface area contributed by atoms with E-state index in [-0.39, 0.29) is 18.2 Å². The van der Waals surface area contributed by atoms with Crippen molar-refractivity contribution in [1.29, 1.82) is 0 Å². The number of hydrogen-bond donors (Lipinski definition) is 2. The molecule has 20 heavy (non-hydrogen) atoms. The van der Waals surface area contributed by atoms with Crippen molar-refractivity contribution < 1.29 is 24.5 Å². The van der Waals surface area contributed by atoms with E-state index in [0.717, 1.165) is 4.90 Å². The van der Waals surface area contributed by atoms with Crippen LogP contribution in [0, 0.1) is 0 Å². The van der Waals surface area contributed by atoms with Gasteiger partial charge in [0.15, 0.2) is 0 Å². The van der Waals surface area contributed by atoms with Gasteiger partial charge in [-0.1, -0.05) is 0 Å². The second-order valence-electron chi connectivity index (χ2n) is 5.18. The molecule has 2 aliphatic heterocycles. The fourth-order valence-corrected chi connectivity index (χ4v) is 2.78. The van der Waals surface area contributed by atoms with Gasteiger partial charge in [-0.25, -0.2) is 4.79 Å². The zero-order valence-corrected chi connectivity index (χ0v) is 11.9. The molecule has 3 atom stereocenters. The third-order valence-electron chi connectivity index (χ3n) is 3.89. The molecule has 1 fully saturated rings. The van der Waals surface area contributed by atoms with E-state index in [4.69, 9.17) is 4.74 Å². The van der Waals surface area contributed by atoms with Gasteiger partial charge in [0.2, 0.25) is 5.85 Å². The van der Waals surface area contributed by atoms with Crippen LogP contribution in [-0.2, 0) is 14.3 Å². The zero-order valence-electron chi connectivity index (χ0n) is 11.9. The van der Waals surface area contributed by atoms with Crippen LogP contribution in [0.15, 0.2) is 11.8 Å². The van der Waals surface area contributed by atoms with Crippen LogP contribution < -0.4 is 0 Å². The molecule has 0 spiro atoms. The molecule has 0 unspecified atom stereocenters. The first-order valence-electron chi connectivity index (χ1n) is 6.70. The van der Waals surface area contributed by atoms with Crippen molar-refractivity contribution in [2.24, 2.45) is 0 Å². The Kier molecular flexibility index (Phi) is 3.75. The summed E-state index contributed by atoms with van der Waals surface area (Å²) in [4.78, 5) is 26.7. The van der Waals surface area contributed by atoms with Crippen molar-refractivity contribution in [3.05, 3.63) is 11.8 Å². The topological polar surface area (TPSA) is 90.3 Å². The maximum absolute atomic E-state index is 12.4. The van der Waals surface area contributed by atoms with Gasteiger partial charge in [0.25, 0.3) is 5.91 Å². The van der Waals surface area contributed by atoms with Gasteiger partial charge in [-0.15, -0.1) is 0 Å². The Hall–Kier alpha value is -1.60. The Bertz CT molecular complexity index is 464. The number of aliphatic hydroxyl groups is 2. The van der Waals surface area contributed by atoms with E-state index in [9.17, 15) is 19.8 Å². The fraction of sp³-hybridized carbons (Fsp3) is 0.692. The van der Waals surface area contributed by atoms with Gasteiger partial charge in [0.1, 0.15) is 11.7 Å². The van der Waals surface area contributed by atoms with Crippen LogP contribution in [0.3, 0.4) is 0 Å². The van der Waals surface area contributed by atoms with E-state index in [1.54, 1.807) is 13.8 Å². The highest BCUT2D eigenvalue weighted by atomic mass is 16.5. The third kappa shape index (κ3) is 1.97. The number of rotatable bonds is 2. The molecular formula is C13H20N2O5. The SMILES string of the molecule is CCOC(=O)C1=CN(C)[C@@]2(O)[C@@H](O)CC[C@H](C)N2C1=O. The highest BCUT2D eigenvalue weighted by molar-refractivity contribution is 6.17. The number of fused-ring (bicyclic) bond motifs is 1. The first-order chi connectivity index (χ1) is 9.33. The van der Waals surface area contributed by atoms with Crippen LogP contribution in [0.5, 0.6) is 0 Å². The number of carbonyl (C=O) groups excluding carboxylic acids is 2. The summed E-state index contributed by atoms with van der Waals surface area (Å²) in [5, 5.41) is 20.7. The molecule has 2 aliphatic rings. The van der Waals surface area contributed by atoms with Crippen molar-refractivity contribution in [2.45, 2.75) is 44.7 Å². The first kappa shape index (κ1) is 14.8. The zero-order chi connectivity index (χ0) is 15.1. The number of hydrogen-bond acceptors (Lipinski definition) is 6. The predicted octanol–water partition coefficient (Wildman–Crippen LogP) is -0.603. The van der Waals surface area contributed by atoms with Gasteiger partial charge in [-0.2, -0.15) is 0 Å². The minimum Gasteiger partial charge on any atom is -0.462 e. The second kappa shape index (κ2) is 5.06. The van der Waals surface area contributed by atoms with Crippen LogP contribution in [0.2, 0.25) is 0 Å². The molecule has 0 aromatic carbocycles. The largest absolute Gasteiger partial charge is 0.462 e. The molecule has 7 nitrogen and oxygen atoms in total. The molecule has 2 N–H and O–H groups in total. The van der Waals surface area contributed by atoms with E-state index >= 15 is 0 Å². The lowest BCUT2D eigenvalue weighted by Gasteiger charge is -2.55. The Morgan fingerprint density at radius 3 is 2.80 bits per heavy atom. The molecule has 112 valence electrons. The highest BCUT2D eigenvalue weighted by Gasteiger charge is 2.55. The van der Waals surface area contributed by atoms with Crippen LogP contribution in [0.25, 0.3) is 0 Å². The average molecular weight is 284 g/mol. The molecule has 0 radical (unpaired) electrons. The summed E-state index contributed by atoms with van der Waals surface area (Å²) in [6.45, 7) is 3.59. The molecule has 0 aromatic heterocycles. The van der Waals surface area contributed by atoms with Crippen molar-refractivity contribution in [2.75, 3.05) is 13.7 Å². The summed E-state index contributed by atoms with van der Waals surface area (Å²) >= 11 is 0. The van der Waals surface area contributed by atoms with E-state index in [0.29, 0.717) is 12.8 Å². The molecule has 0 aliphatic carbocycles. The van der Waals surface area contributed by atoms with Gasteiger partial charge in [-0.3, -0.25) is 9.69 Å². The van der Waals surface area contributed by atoms with Gasteiger partial charge >= 0.3 is 5.97 Å². The number of nitrogens with zero attached hydrogens (tertiary/aromatic N) is 2. The van der Waals surface area contributed by atoms with Crippen molar-refractivity contribution in [3.8, 4) is 0 Å². The summed E-state index contributed by atoms with van der Waals surface area (Å²) in [7, 11) is 1.51. The van der Waals surface area contributed by atoms with Crippen LogP contribution in [0.1, 0.15) is 26.7 Å². The van der Waals surface area contributed by atoms with Crippen LogP contribution >= 0.6 is 0 Å². The lowest BCUT2D eigenvalue weighted by atomic mass is 9.92. The molecule has 2 heterocycles. The number of carbonyl (C=O) groups is 2. The molecular weight excluding hydrogens is 264 g/mol. The molecule has 7 heteroatoms. The second-order valence-corrected chi connectivity index (χ2v) is 5.18. The summed E-state index contributed by atoms with van der Waals surface area (Å²) < 4.78 is 4.85. The summed E-state index contributed by atoms with van der Waals surface area (Å²) in [5.74, 6) is -3.15. The Balaban J connectivity index is 2.44. The lowest BCUT2D eigenvalue weighted by Crippen LogP contribution is -2.73. The van der Waals surface area contributed by atoms with Crippen LogP contribution in [-0.4, -0.2) is 63.5 Å². The smallest absolute Gasteiger partial charge is 0.345 e. The fourth-order valence-electron chi connectivity index (χ4n) is 2.78. The Morgan fingerprint density at radius 1 is 1.55 bits per heavy atom. The number of esters is 1. The van der Waals surface area contributed by atoms with Crippen molar-refractivity contribution in [1.82, 2.24) is 9.80 Å². The number of ether oxygens (including phenoxy) is 1. The number of aliphatic hydroxyl groups excluding tert-OH is 1. The number of amides is 1. The third-order valence-corrected chi connectivity index (χ3v) is 3.89. The quantitative estimate of drug-likeness (QED) is 0.520. The molecule has 2 rings (SSSR count). The van der Waals surface area contributed by atoms with Gasteiger partial charge < -0.3 is 19.8 Å². The van der Waals surface area contributed by atoms with E-state index in [1.165, 1.54) is 18.1 Å². The lowest BCUT2D eigenvalue weighted by molar-refractivity contribution is -0.271. The molecule has 1 saturated heterocycles. The van der Waals surface area contributed by atoms with Crippen molar-refractivity contribution >= 4 is 11.9 Å². The number of piperidine rings is 1. The minimum absolute atomic E-state index is 0.139. The Labute approximate surface area is 117 Å². The standard InChI is InChI=1S/C13H20N2O5/c1-4-20-12(18)9-7-14(3)13(19)10(16)6-5-8(2)15(13)11(9)17/h7-8,10,16,19H,4-6H2,1-3H3/t8-,10-,13-/m0/s1. The van der Waals surface area contributed by atoms with Gasteiger partial charge in [0.05, 0.1) is 6.61 Å². The van der Waals surface area contributed by atoms with Gasteiger partial charge in [-0.05, 0) is 26.7 Å². The Morgan fingerprint density at radius 2 is 2.20 bits per heavy atom. The molecule has 0 bridgehead atoms. The maximum atomic E-state index is 12.4. The predicted molar refractivity (Wildman–Crippen MR) is 69.0 cm³/mol. The normalized spacial score (nSPS) is 33.6. The highest BCUT2D eigenvalue weighted by Crippen LogP contribution is 2.37. The van der Waals surface area contributed by atoms with E-state index < -0.39 is 23.8 Å². The summed E-state index contributed by atoms with van der Waals surface area (Å²) in [5.41, 5.74) is -0.139. The average Bonchev–Trinajstić information content (AvgIpc) is 2.39. The molecule has 0 saturated carbocycles. The first-order valence-corrected chi connectivity index (χ1v) is 6.70. The summed E-state index contributed by atoms with van der Waals surface area (Å²) in [6.07, 6.45) is 1.08. The van der Waals surface area contributed by atoms with Crippen molar-refractivity contribution in [3.63, 3.8) is 0 Å². The van der Waals surface area contributed by atoms with E-state index in [2.05, 4.69) is 0 Å². The molecule has 0 aromatic rings. The van der Waals surface area contributed by atoms with Crippen LogP contribution in [0.4, 0.5) is 0 Å². The maximum Gasteiger partial charge on any atom is 0.345 e. The minimum atomic E-state index is -1.81. The summed E-state index contributed by atoms with van der Waals surface area (Å²) in [6, 6.07) is -0.281. The number of likely N-dealkylation sites (N-methyl/N-ethyl adjacent to an activating group) is 1. The van der Waals surface area contributed by atoms with Gasteiger partial charge in [0, 0.05) is 19.3 Å². The van der Waals surface area contributed by atoms with E-state index in [1.807, 2.05) is 0 Å². The monoisotopic (exact) mass is 284 g/mol.